The first-order valence-electron chi connectivity index (χ1n) is 22.2. The van der Waals surface area contributed by atoms with Crippen LogP contribution in [0.1, 0.15) is 115 Å². The third kappa shape index (κ3) is 9.35. The van der Waals surface area contributed by atoms with Crippen LogP contribution in [0.4, 0.5) is 0 Å². The molecule has 4 heterocycles. The quantitative estimate of drug-likeness (QED) is 0.255. The fourth-order valence-corrected chi connectivity index (χ4v) is 11.2. The second kappa shape index (κ2) is 17.8. The van der Waals surface area contributed by atoms with Crippen LogP contribution in [-0.4, -0.2) is 79.5 Å². The minimum absolute atomic E-state index is 0.0844. The van der Waals surface area contributed by atoms with Crippen molar-refractivity contribution in [2.75, 3.05) is 20.3 Å². The molecule has 1 N–H and O–H groups in total. The maximum absolute atomic E-state index is 14.9. The normalized spacial score (nSPS) is 28.6. The van der Waals surface area contributed by atoms with E-state index in [0.29, 0.717) is 42.6 Å². The average molecular weight is 842 g/mol. The number of fused-ring (bicyclic) bond motifs is 4. The van der Waals surface area contributed by atoms with E-state index in [1.807, 2.05) is 42.5 Å². The molecule has 0 spiro atoms. The van der Waals surface area contributed by atoms with Crippen LogP contribution in [0.15, 0.2) is 48.5 Å². The lowest BCUT2D eigenvalue weighted by Crippen LogP contribution is -2.46. The number of nitrogens with one attached hydrogen (secondary N) is 1. The molecule has 0 unspecified atom stereocenters. The number of benzene rings is 2. The van der Waals surface area contributed by atoms with E-state index in [-0.39, 0.29) is 55.9 Å². The lowest BCUT2D eigenvalue weighted by atomic mass is 9.90. The Labute approximate surface area is 353 Å². The largest absolute Gasteiger partial charge is 0.496 e. The van der Waals surface area contributed by atoms with E-state index >= 15 is 0 Å². The van der Waals surface area contributed by atoms with E-state index in [0.717, 1.165) is 86.5 Å². The number of hydrogen-bond acceptors (Lipinski definition) is 10. The zero-order valence-electron chi connectivity index (χ0n) is 35.0. The van der Waals surface area contributed by atoms with Crippen molar-refractivity contribution >= 4 is 44.5 Å². The molecular formula is C47H59N3O9S. The van der Waals surface area contributed by atoms with E-state index in [1.54, 1.807) is 12.0 Å². The Bertz CT molecular complexity index is 2210. The van der Waals surface area contributed by atoms with Gasteiger partial charge in [-0.2, -0.15) is 0 Å². The van der Waals surface area contributed by atoms with Gasteiger partial charge in [0.2, 0.25) is 21.8 Å². The Morgan fingerprint density at radius 3 is 2.45 bits per heavy atom. The summed E-state index contributed by atoms with van der Waals surface area (Å²) < 4.78 is 47.0. The Morgan fingerprint density at radius 1 is 0.933 bits per heavy atom. The number of aryl methyl sites for hydroxylation is 1. The molecule has 5 bridgehead atoms. The average Bonchev–Trinajstić information content (AvgIpc) is 4.17. The number of cyclic esters (lactones) is 1. The van der Waals surface area contributed by atoms with E-state index in [2.05, 4.69) is 17.7 Å². The van der Waals surface area contributed by atoms with Crippen LogP contribution in [0.3, 0.4) is 0 Å². The first kappa shape index (κ1) is 42.2. The lowest BCUT2D eigenvalue weighted by molar-refractivity contribution is -0.151. The van der Waals surface area contributed by atoms with Crippen molar-refractivity contribution in [3.05, 3.63) is 54.1 Å². The molecular weight excluding hydrogens is 783 g/mol. The second-order valence-electron chi connectivity index (χ2n) is 18.2. The van der Waals surface area contributed by atoms with E-state index in [1.165, 1.54) is 0 Å². The molecule has 2 saturated heterocycles. The smallest absolute Gasteiger partial charge is 0.306 e. The molecule has 60 heavy (non-hydrogen) atoms. The molecule has 13 heteroatoms. The highest BCUT2D eigenvalue weighted by molar-refractivity contribution is 7.90. The summed E-state index contributed by atoms with van der Waals surface area (Å²) in [4.78, 5) is 63.7. The summed E-state index contributed by atoms with van der Waals surface area (Å²) in [7, 11) is -2.17. The van der Waals surface area contributed by atoms with Gasteiger partial charge in [-0.05, 0) is 74.8 Å². The summed E-state index contributed by atoms with van der Waals surface area (Å²) in [5.41, 5.74) is 2.15. The van der Waals surface area contributed by atoms with Gasteiger partial charge in [0.1, 0.15) is 17.6 Å². The van der Waals surface area contributed by atoms with Gasteiger partial charge in [0.15, 0.2) is 5.78 Å². The van der Waals surface area contributed by atoms with Gasteiger partial charge in [0.05, 0.1) is 54.6 Å². The minimum Gasteiger partial charge on any atom is -0.496 e. The van der Waals surface area contributed by atoms with Gasteiger partial charge in [-0.15, -0.1) is 0 Å². The van der Waals surface area contributed by atoms with Crippen LogP contribution in [0.25, 0.3) is 22.2 Å². The molecule has 1 aromatic heterocycles. The van der Waals surface area contributed by atoms with E-state index in [9.17, 15) is 27.6 Å². The molecule has 5 aliphatic rings. The van der Waals surface area contributed by atoms with Crippen LogP contribution in [-0.2, 0) is 40.4 Å². The number of sulfonamides is 1. The number of methoxy groups -OCH3 is 1. The van der Waals surface area contributed by atoms with Gasteiger partial charge in [0, 0.05) is 41.8 Å². The molecule has 2 aromatic carbocycles. The fraction of sp³-hybridized carbons (Fsp3) is 0.596. The third-order valence-electron chi connectivity index (χ3n) is 13.6. The number of amides is 2. The van der Waals surface area contributed by atoms with Crippen LogP contribution < -0.4 is 14.2 Å². The first-order valence-corrected chi connectivity index (χ1v) is 23.8. The van der Waals surface area contributed by atoms with Crippen LogP contribution >= 0.6 is 0 Å². The van der Waals surface area contributed by atoms with E-state index in [4.69, 9.17) is 19.2 Å². The number of nitrogens with zero attached hydrogens (tertiary/aromatic N) is 2. The Hall–Kier alpha value is -4.52. The molecule has 3 aliphatic heterocycles. The highest BCUT2D eigenvalue weighted by atomic mass is 32.2. The SMILES string of the molecule is COc1cc2nc(-c3ccccc3)cc3c2cc1CCCC[C@H](C)COC(=O)C[C@H]1CCCCCCC[C@H]2C[C@@]2(C(=O)NS(=O)(=O)C2CC2)CC(=O)[C@@H]2C[C@H](CN2C1=O)O3. The Kier molecular flexibility index (Phi) is 12.5. The maximum Gasteiger partial charge on any atom is 0.306 e. The molecule has 2 aliphatic carbocycles. The number of aromatic nitrogens is 1. The highest BCUT2D eigenvalue weighted by Crippen LogP contribution is 2.59. The van der Waals surface area contributed by atoms with Gasteiger partial charge in [0.25, 0.3) is 0 Å². The van der Waals surface area contributed by atoms with Gasteiger partial charge in [-0.3, -0.25) is 23.9 Å². The monoisotopic (exact) mass is 841 g/mol. The number of rotatable bonds is 5. The van der Waals surface area contributed by atoms with Gasteiger partial charge in [-0.25, -0.2) is 13.4 Å². The first-order chi connectivity index (χ1) is 28.9. The molecule has 0 radical (unpaired) electrons. The number of esters is 1. The maximum atomic E-state index is 14.9. The van der Waals surface area contributed by atoms with Crippen molar-refractivity contribution in [1.82, 2.24) is 14.6 Å². The van der Waals surface area contributed by atoms with Gasteiger partial charge >= 0.3 is 5.97 Å². The Balaban J connectivity index is 1.18. The zero-order valence-corrected chi connectivity index (χ0v) is 35.8. The number of pyridine rings is 1. The van der Waals surface area contributed by atoms with Gasteiger partial charge < -0.3 is 19.1 Å². The molecule has 322 valence electrons. The molecule has 2 saturated carbocycles. The number of ether oxygens (including phenoxy) is 3. The summed E-state index contributed by atoms with van der Waals surface area (Å²) in [5, 5.41) is 0.219. The lowest BCUT2D eigenvalue weighted by Gasteiger charge is -2.29. The fourth-order valence-electron chi connectivity index (χ4n) is 9.82. The highest BCUT2D eigenvalue weighted by Gasteiger charge is 2.62. The molecule has 4 fully saturated rings. The summed E-state index contributed by atoms with van der Waals surface area (Å²) in [6.07, 6.45) is 9.79. The predicted octanol–water partition coefficient (Wildman–Crippen LogP) is 7.49. The third-order valence-corrected chi connectivity index (χ3v) is 15.4. The summed E-state index contributed by atoms with van der Waals surface area (Å²) in [5.74, 6) is -0.990. The van der Waals surface area contributed by atoms with Crippen molar-refractivity contribution in [3.63, 3.8) is 0 Å². The number of carbonyl (C=O) groups excluding carboxylic acids is 4. The van der Waals surface area contributed by atoms with E-state index < -0.39 is 50.6 Å². The van der Waals surface area contributed by atoms with Crippen LogP contribution in [0.2, 0.25) is 0 Å². The number of Topliss-reactive ketones (excluding diaryl/α,β-unsaturated/α-hetero) is 1. The zero-order chi connectivity index (χ0) is 42.0. The van der Waals surface area contributed by atoms with Crippen LogP contribution in [0, 0.1) is 23.2 Å². The standard InChI is InChI=1S/C47H59N3O9S/c1-30-13-11-12-16-32-21-37-39(25-42(32)57-2)48-38(31-14-8-6-9-15-31)24-43(37)59-35-23-40-41(51)27-47(46(54)49-60(55,56)36-19-20-36)26-34(47)18-10-5-3-4-7-17-33(22-44(52)58-29-30)45(53)50(40)28-35/h6,8-9,14-15,21,24-25,30,33-36,40H,3-5,7,10-13,16-20,22-23,26-29H2,1-2H3,(H,49,54)/t30-,33+,34-,35+,40-,47+/m0/s1. The Morgan fingerprint density at radius 2 is 1.68 bits per heavy atom. The van der Waals surface area contributed by atoms with Crippen molar-refractivity contribution < 1.29 is 41.8 Å². The summed E-state index contributed by atoms with van der Waals surface area (Å²) >= 11 is 0. The predicted molar refractivity (Wildman–Crippen MR) is 227 cm³/mol. The number of ketones is 1. The number of hydrogen-bond donors (Lipinski definition) is 1. The van der Waals surface area contributed by atoms with Crippen LogP contribution in [0.5, 0.6) is 11.5 Å². The minimum atomic E-state index is -3.83. The molecule has 3 aromatic rings. The molecule has 12 nitrogen and oxygen atoms in total. The van der Waals surface area contributed by atoms with Crippen molar-refractivity contribution in [2.24, 2.45) is 23.2 Å². The second-order valence-corrected chi connectivity index (χ2v) is 20.2. The van der Waals surface area contributed by atoms with Crippen molar-refractivity contribution in [1.29, 1.82) is 0 Å². The molecule has 8 rings (SSSR count). The topological polar surface area (TPSA) is 158 Å². The number of carbonyl (C=O) groups is 4. The molecule has 2 amide bonds. The van der Waals surface area contributed by atoms with Gasteiger partial charge in [-0.1, -0.05) is 75.8 Å². The van der Waals surface area contributed by atoms with Crippen molar-refractivity contribution in [3.8, 4) is 22.8 Å². The van der Waals surface area contributed by atoms with Crippen molar-refractivity contribution in [2.45, 2.75) is 133 Å². The summed E-state index contributed by atoms with van der Waals surface area (Å²) in [6.45, 7) is 2.44. The molecule has 6 atom stereocenters. The summed E-state index contributed by atoms with van der Waals surface area (Å²) in [6, 6.07) is 14.8.